The minimum absolute atomic E-state index is 0.0185. The lowest BCUT2D eigenvalue weighted by Crippen LogP contribution is -2.32. The summed E-state index contributed by atoms with van der Waals surface area (Å²) < 4.78 is 6.69. The van der Waals surface area contributed by atoms with Gasteiger partial charge in [0.2, 0.25) is 0 Å². The molecule has 1 atom stereocenters. The number of fused-ring (bicyclic) bond motifs is 17. The zero-order valence-corrected chi connectivity index (χ0v) is 25.4. The molecule has 1 unspecified atom stereocenters. The van der Waals surface area contributed by atoms with Crippen molar-refractivity contribution in [2.45, 2.75) is 11.6 Å². The summed E-state index contributed by atoms with van der Waals surface area (Å²) in [6, 6.07) is 57.5. The molecule has 0 radical (unpaired) electrons. The van der Waals surface area contributed by atoms with Crippen LogP contribution in [0.5, 0.6) is 11.5 Å². The zero-order valence-electron chi connectivity index (χ0n) is 25.4. The van der Waals surface area contributed by atoms with Crippen molar-refractivity contribution >= 4 is 17.1 Å². The second kappa shape index (κ2) is 9.02. The lowest BCUT2D eigenvalue weighted by atomic mass is 9.66. The maximum atomic E-state index is 6.69. The standard InChI is InChI=1S/C44H28N2O/c1-4-14-34-30(11-1)31-12-2-5-15-35(31)44(34)36-16-6-10-20-41(36)47-42-24-22-28(26-37(42)44)27-21-23-29-32-13-3-8-18-39(32)46-40-19-9-7-17-38(40)45-43(46)33(29)25-27/h1-26,43,45H. The van der Waals surface area contributed by atoms with Gasteiger partial charge in [0.25, 0.3) is 0 Å². The Balaban J connectivity index is 1.14. The van der Waals surface area contributed by atoms with E-state index in [4.69, 9.17) is 4.74 Å². The second-order valence-corrected chi connectivity index (χ2v) is 12.9. The molecule has 0 fully saturated rings. The average Bonchev–Trinajstić information content (AvgIpc) is 3.67. The largest absolute Gasteiger partial charge is 0.457 e. The monoisotopic (exact) mass is 600 g/mol. The van der Waals surface area contributed by atoms with E-state index in [9.17, 15) is 0 Å². The first-order chi connectivity index (χ1) is 23.3. The minimum atomic E-state index is -0.480. The van der Waals surface area contributed by atoms with E-state index in [1.165, 1.54) is 72.6 Å². The van der Waals surface area contributed by atoms with Crippen LogP contribution in [0.15, 0.2) is 158 Å². The van der Waals surface area contributed by atoms with Crippen molar-refractivity contribution < 1.29 is 4.74 Å². The predicted molar refractivity (Wildman–Crippen MR) is 190 cm³/mol. The number of nitrogens with one attached hydrogen (secondary N) is 1. The van der Waals surface area contributed by atoms with Crippen molar-refractivity contribution in [3.05, 3.63) is 186 Å². The molecule has 3 heterocycles. The number of para-hydroxylation sites is 4. The average molecular weight is 601 g/mol. The molecule has 0 amide bonds. The van der Waals surface area contributed by atoms with E-state index >= 15 is 0 Å². The second-order valence-electron chi connectivity index (χ2n) is 12.9. The summed E-state index contributed by atoms with van der Waals surface area (Å²) in [7, 11) is 0. The lowest BCUT2D eigenvalue weighted by molar-refractivity contribution is 0.436. The molecule has 7 aromatic carbocycles. The molecule has 1 N–H and O–H groups in total. The van der Waals surface area contributed by atoms with E-state index in [-0.39, 0.29) is 6.17 Å². The van der Waals surface area contributed by atoms with Crippen molar-refractivity contribution in [3.63, 3.8) is 0 Å². The van der Waals surface area contributed by atoms with Gasteiger partial charge in [0.15, 0.2) is 0 Å². The van der Waals surface area contributed by atoms with Crippen molar-refractivity contribution in [1.82, 2.24) is 0 Å². The third-order valence-electron chi connectivity index (χ3n) is 10.7. The summed E-state index contributed by atoms with van der Waals surface area (Å²) >= 11 is 0. The molecule has 7 aromatic rings. The third kappa shape index (κ3) is 3.16. The van der Waals surface area contributed by atoms with E-state index in [0.29, 0.717) is 0 Å². The molecule has 0 saturated carbocycles. The Labute approximate surface area is 273 Å². The molecule has 1 aliphatic carbocycles. The number of benzene rings is 7. The van der Waals surface area contributed by atoms with Gasteiger partial charge in [-0.3, -0.25) is 0 Å². The van der Waals surface area contributed by atoms with E-state index < -0.39 is 5.41 Å². The highest BCUT2D eigenvalue weighted by molar-refractivity contribution is 5.96. The summed E-state index contributed by atoms with van der Waals surface area (Å²) in [5.41, 5.74) is 16.9. The van der Waals surface area contributed by atoms with Gasteiger partial charge in [-0.2, -0.15) is 0 Å². The van der Waals surface area contributed by atoms with E-state index in [1.54, 1.807) is 0 Å². The topological polar surface area (TPSA) is 24.5 Å². The van der Waals surface area contributed by atoms with Gasteiger partial charge in [0, 0.05) is 22.3 Å². The fraction of sp³-hybridized carbons (Fsp3) is 0.0455. The molecule has 3 nitrogen and oxygen atoms in total. The summed E-state index contributed by atoms with van der Waals surface area (Å²) in [4.78, 5) is 2.45. The number of rotatable bonds is 1. The fourth-order valence-electron chi connectivity index (χ4n) is 8.80. The Bertz CT molecular complexity index is 2410. The number of hydrogen-bond donors (Lipinski definition) is 1. The zero-order chi connectivity index (χ0) is 30.7. The Kier molecular flexibility index (Phi) is 4.83. The van der Waals surface area contributed by atoms with Crippen LogP contribution in [0.3, 0.4) is 0 Å². The van der Waals surface area contributed by atoms with E-state index in [0.717, 1.165) is 17.2 Å². The highest BCUT2D eigenvalue weighted by atomic mass is 16.5. The Hall–Kier alpha value is -6.06. The van der Waals surface area contributed by atoms with Crippen LogP contribution in [0.4, 0.5) is 17.1 Å². The smallest absolute Gasteiger partial charge is 0.132 e. The molecule has 0 bridgehead atoms. The van der Waals surface area contributed by atoms with Crippen molar-refractivity contribution in [2.24, 2.45) is 0 Å². The van der Waals surface area contributed by atoms with Gasteiger partial charge in [0.05, 0.1) is 22.5 Å². The van der Waals surface area contributed by atoms with Crippen LogP contribution in [-0.4, -0.2) is 0 Å². The molecular weight excluding hydrogens is 572 g/mol. The summed E-state index contributed by atoms with van der Waals surface area (Å²) in [5.74, 6) is 1.82. The molecule has 3 heteroatoms. The van der Waals surface area contributed by atoms with Crippen LogP contribution in [0, 0.1) is 0 Å². The summed E-state index contributed by atoms with van der Waals surface area (Å²) in [6.45, 7) is 0. The Morgan fingerprint density at radius 2 is 1.06 bits per heavy atom. The predicted octanol–water partition coefficient (Wildman–Crippen LogP) is 11.1. The van der Waals surface area contributed by atoms with Crippen LogP contribution < -0.4 is 15.0 Å². The van der Waals surface area contributed by atoms with Gasteiger partial charge in [0.1, 0.15) is 17.7 Å². The molecule has 220 valence electrons. The number of anilines is 3. The molecule has 47 heavy (non-hydrogen) atoms. The molecule has 0 aromatic heterocycles. The van der Waals surface area contributed by atoms with Crippen molar-refractivity contribution in [1.29, 1.82) is 0 Å². The minimum Gasteiger partial charge on any atom is -0.457 e. The Morgan fingerprint density at radius 1 is 0.468 bits per heavy atom. The first-order valence-corrected chi connectivity index (χ1v) is 16.3. The normalized spacial score (nSPS) is 16.3. The summed E-state index contributed by atoms with van der Waals surface area (Å²) in [5, 5.41) is 3.84. The quantitative estimate of drug-likeness (QED) is 0.203. The molecular formula is C44H28N2O. The SMILES string of the molecule is c1ccc2c(c1)NC1c3cc(-c4ccc5c(c4)C4(c6ccccc6O5)c5ccccc5-c5ccccc54)ccc3-c3ccccc3N21. The Morgan fingerprint density at radius 3 is 1.87 bits per heavy atom. The number of nitrogens with zero attached hydrogens (tertiary/aromatic N) is 1. The molecule has 11 rings (SSSR count). The van der Waals surface area contributed by atoms with Gasteiger partial charge >= 0.3 is 0 Å². The molecule has 4 aliphatic rings. The molecule has 3 aliphatic heterocycles. The lowest BCUT2D eigenvalue weighted by Gasteiger charge is -2.39. The number of ether oxygens (including phenoxy) is 1. The molecule has 0 saturated heterocycles. The van der Waals surface area contributed by atoms with Crippen LogP contribution in [0.1, 0.15) is 34.0 Å². The first kappa shape index (κ1) is 25.2. The van der Waals surface area contributed by atoms with Gasteiger partial charge in [-0.25, -0.2) is 0 Å². The highest BCUT2D eigenvalue weighted by Crippen LogP contribution is 2.62. The fourth-order valence-corrected chi connectivity index (χ4v) is 8.80. The van der Waals surface area contributed by atoms with Gasteiger partial charge in [-0.1, -0.05) is 115 Å². The van der Waals surface area contributed by atoms with Crippen LogP contribution in [-0.2, 0) is 5.41 Å². The van der Waals surface area contributed by atoms with Gasteiger partial charge in [-0.15, -0.1) is 0 Å². The highest BCUT2D eigenvalue weighted by Gasteiger charge is 2.51. The number of hydrogen-bond acceptors (Lipinski definition) is 3. The van der Waals surface area contributed by atoms with Crippen LogP contribution in [0.2, 0.25) is 0 Å². The van der Waals surface area contributed by atoms with Crippen molar-refractivity contribution in [3.8, 4) is 44.9 Å². The van der Waals surface area contributed by atoms with E-state index in [1.807, 2.05) is 0 Å². The third-order valence-corrected chi connectivity index (χ3v) is 10.7. The van der Waals surface area contributed by atoms with Crippen molar-refractivity contribution in [2.75, 3.05) is 10.2 Å². The van der Waals surface area contributed by atoms with Crippen LogP contribution >= 0.6 is 0 Å². The summed E-state index contributed by atoms with van der Waals surface area (Å²) in [6.07, 6.45) is 0.0185. The molecule has 1 spiro atoms. The maximum Gasteiger partial charge on any atom is 0.132 e. The van der Waals surface area contributed by atoms with Gasteiger partial charge < -0.3 is 15.0 Å². The maximum absolute atomic E-state index is 6.69. The van der Waals surface area contributed by atoms with Gasteiger partial charge in [-0.05, 0) is 81.4 Å². The van der Waals surface area contributed by atoms with Crippen LogP contribution in [0.25, 0.3) is 33.4 Å². The van der Waals surface area contributed by atoms with E-state index in [2.05, 4.69) is 168 Å². The first-order valence-electron chi connectivity index (χ1n) is 16.3.